The molecule has 132 valence electrons. The molecule has 0 aliphatic carbocycles. The highest BCUT2D eigenvalue weighted by Crippen LogP contribution is 2.32. The van der Waals surface area contributed by atoms with E-state index in [1.165, 1.54) is 13.3 Å². The molecule has 1 heterocycles. The van der Waals surface area contributed by atoms with Crippen molar-refractivity contribution >= 4 is 22.9 Å². The van der Waals surface area contributed by atoms with Gasteiger partial charge in [0.2, 0.25) is 0 Å². The molecule has 0 radical (unpaired) electrons. The number of hydrogen-bond acceptors (Lipinski definition) is 5. The molecule has 7 heteroatoms. The first-order chi connectivity index (χ1) is 12.6. The Morgan fingerprint density at radius 3 is 2.77 bits per heavy atom. The number of aromatic nitrogens is 2. The number of methoxy groups -OCH3 is 1. The van der Waals surface area contributed by atoms with Crippen LogP contribution >= 0.6 is 0 Å². The standard InChI is InChI=1S/C19H18N4O3/c1-3-8-20-19(25)23-18-11-21-14-6-4-12(9-15(14)22-18)13-5-7-16(24)17(10-13)26-2/h3-7,9-11,24H,1,8H2,2H3,(H2,20,22,23,25). The Morgan fingerprint density at radius 1 is 1.23 bits per heavy atom. The van der Waals surface area contributed by atoms with Gasteiger partial charge in [-0.1, -0.05) is 18.2 Å². The van der Waals surface area contributed by atoms with E-state index in [4.69, 9.17) is 4.74 Å². The van der Waals surface area contributed by atoms with Crippen LogP contribution in [0, 0.1) is 0 Å². The van der Waals surface area contributed by atoms with Gasteiger partial charge in [0.1, 0.15) is 0 Å². The lowest BCUT2D eigenvalue weighted by atomic mass is 10.0. The molecule has 0 saturated carbocycles. The van der Waals surface area contributed by atoms with Gasteiger partial charge in [0.05, 0.1) is 24.3 Å². The highest BCUT2D eigenvalue weighted by molar-refractivity contribution is 5.90. The fraction of sp³-hybridized carbons (Fsp3) is 0.105. The number of amides is 2. The molecule has 2 aromatic carbocycles. The van der Waals surface area contributed by atoms with Crippen molar-refractivity contribution in [2.75, 3.05) is 19.0 Å². The van der Waals surface area contributed by atoms with Gasteiger partial charge in [-0.2, -0.15) is 0 Å². The molecule has 0 spiro atoms. The van der Waals surface area contributed by atoms with E-state index in [1.54, 1.807) is 24.3 Å². The average Bonchev–Trinajstić information content (AvgIpc) is 2.66. The Bertz CT molecular complexity index is 972. The summed E-state index contributed by atoms with van der Waals surface area (Å²) in [5.41, 5.74) is 3.09. The zero-order valence-corrected chi connectivity index (χ0v) is 14.2. The van der Waals surface area contributed by atoms with E-state index < -0.39 is 0 Å². The quantitative estimate of drug-likeness (QED) is 0.614. The van der Waals surface area contributed by atoms with Crippen molar-refractivity contribution < 1.29 is 14.6 Å². The fourth-order valence-electron chi connectivity index (χ4n) is 2.43. The summed E-state index contributed by atoms with van der Waals surface area (Å²) in [6.45, 7) is 3.90. The fourth-order valence-corrected chi connectivity index (χ4v) is 2.43. The highest BCUT2D eigenvalue weighted by Gasteiger charge is 2.08. The number of aromatic hydroxyl groups is 1. The van der Waals surface area contributed by atoms with Gasteiger partial charge in [0, 0.05) is 6.54 Å². The van der Waals surface area contributed by atoms with E-state index in [0.717, 1.165) is 11.1 Å². The van der Waals surface area contributed by atoms with Crippen LogP contribution in [0.2, 0.25) is 0 Å². The predicted molar refractivity (Wildman–Crippen MR) is 100 cm³/mol. The van der Waals surface area contributed by atoms with Crippen molar-refractivity contribution in [1.29, 1.82) is 0 Å². The predicted octanol–water partition coefficient (Wildman–Crippen LogP) is 3.32. The minimum Gasteiger partial charge on any atom is -0.504 e. The first-order valence-corrected chi connectivity index (χ1v) is 7.90. The third-order valence-corrected chi connectivity index (χ3v) is 3.70. The van der Waals surface area contributed by atoms with Crippen molar-refractivity contribution in [2.24, 2.45) is 0 Å². The lowest BCUT2D eigenvalue weighted by Crippen LogP contribution is -2.29. The topological polar surface area (TPSA) is 96.4 Å². The second-order valence-corrected chi connectivity index (χ2v) is 5.47. The van der Waals surface area contributed by atoms with Crippen molar-refractivity contribution in [2.45, 2.75) is 0 Å². The summed E-state index contributed by atoms with van der Waals surface area (Å²) < 4.78 is 5.15. The van der Waals surface area contributed by atoms with Crippen molar-refractivity contribution in [3.8, 4) is 22.6 Å². The molecule has 0 fully saturated rings. The Morgan fingerprint density at radius 2 is 2.00 bits per heavy atom. The summed E-state index contributed by atoms with van der Waals surface area (Å²) in [7, 11) is 1.50. The third kappa shape index (κ3) is 3.72. The Balaban J connectivity index is 1.92. The van der Waals surface area contributed by atoms with Gasteiger partial charge in [-0.25, -0.2) is 9.78 Å². The number of rotatable bonds is 5. The van der Waals surface area contributed by atoms with Gasteiger partial charge < -0.3 is 15.2 Å². The Labute approximate surface area is 150 Å². The summed E-state index contributed by atoms with van der Waals surface area (Å²) in [6.07, 6.45) is 3.09. The van der Waals surface area contributed by atoms with Gasteiger partial charge in [-0.05, 0) is 35.4 Å². The van der Waals surface area contributed by atoms with E-state index in [-0.39, 0.29) is 11.8 Å². The molecule has 0 bridgehead atoms. The molecule has 3 N–H and O–H groups in total. The second kappa shape index (κ2) is 7.52. The van der Waals surface area contributed by atoms with E-state index in [9.17, 15) is 9.90 Å². The molecule has 3 rings (SSSR count). The van der Waals surface area contributed by atoms with E-state index in [0.29, 0.717) is 29.1 Å². The molecule has 0 aliphatic heterocycles. The highest BCUT2D eigenvalue weighted by atomic mass is 16.5. The number of anilines is 1. The summed E-state index contributed by atoms with van der Waals surface area (Å²) in [4.78, 5) is 20.5. The summed E-state index contributed by atoms with van der Waals surface area (Å²) in [5.74, 6) is 0.816. The van der Waals surface area contributed by atoms with E-state index in [2.05, 4.69) is 27.2 Å². The molecule has 0 unspecified atom stereocenters. The molecule has 26 heavy (non-hydrogen) atoms. The Hall–Kier alpha value is -3.61. The number of hydrogen-bond donors (Lipinski definition) is 3. The normalized spacial score (nSPS) is 10.3. The van der Waals surface area contributed by atoms with Crippen molar-refractivity contribution in [1.82, 2.24) is 15.3 Å². The van der Waals surface area contributed by atoms with Crippen LogP contribution in [-0.4, -0.2) is 34.8 Å². The molecule has 2 amide bonds. The molecule has 0 saturated heterocycles. The number of carbonyl (C=O) groups is 1. The number of carbonyl (C=O) groups excluding carboxylic acids is 1. The van der Waals surface area contributed by atoms with Crippen LogP contribution in [0.3, 0.4) is 0 Å². The summed E-state index contributed by atoms with van der Waals surface area (Å²) in [5, 5.41) is 15.0. The van der Waals surface area contributed by atoms with Gasteiger partial charge in [-0.15, -0.1) is 6.58 Å². The number of benzene rings is 2. The second-order valence-electron chi connectivity index (χ2n) is 5.47. The number of urea groups is 1. The van der Waals surface area contributed by atoms with E-state index >= 15 is 0 Å². The van der Waals surface area contributed by atoms with Crippen LogP contribution in [0.25, 0.3) is 22.2 Å². The maximum Gasteiger partial charge on any atom is 0.320 e. The monoisotopic (exact) mass is 350 g/mol. The van der Waals surface area contributed by atoms with E-state index in [1.807, 2.05) is 18.2 Å². The molecule has 3 aromatic rings. The largest absolute Gasteiger partial charge is 0.504 e. The van der Waals surface area contributed by atoms with Crippen LogP contribution in [-0.2, 0) is 0 Å². The van der Waals surface area contributed by atoms with Crippen LogP contribution < -0.4 is 15.4 Å². The van der Waals surface area contributed by atoms with Crippen molar-refractivity contribution in [3.05, 3.63) is 55.3 Å². The number of nitrogens with one attached hydrogen (secondary N) is 2. The lowest BCUT2D eigenvalue weighted by molar-refractivity contribution is 0.253. The minimum absolute atomic E-state index is 0.0776. The van der Waals surface area contributed by atoms with Crippen LogP contribution in [0.15, 0.2) is 55.3 Å². The maximum absolute atomic E-state index is 11.7. The zero-order chi connectivity index (χ0) is 18.5. The number of phenols is 1. The molecular weight excluding hydrogens is 332 g/mol. The van der Waals surface area contributed by atoms with Crippen molar-refractivity contribution in [3.63, 3.8) is 0 Å². The molecule has 7 nitrogen and oxygen atoms in total. The molecule has 1 aromatic heterocycles. The molecule has 0 aliphatic rings. The first kappa shape index (κ1) is 17.2. The summed E-state index contributed by atoms with van der Waals surface area (Å²) >= 11 is 0. The smallest absolute Gasteiger partial charge is 0.320 e. The van der Waals surface area contributed by atoms with Gasteiger partial charge in [-0.3, -0.25) is 10.3 Å². The van der Waals surface area contributed by atoms with Crippen LogP contribution in [0.4, 0.5) is 10.6 Å². The minimum atomic E-state index is -0.377. The van der Waals surface area contributed by atoms with Gasteiger partial charge >= 0.3 is 6.03 Å². The number of nitrogens with zero attached hydrogens (tertiary/aromatic N) is 2. The van der Waals surface area contributed by atoms with Crippen LogP contribution in [0.5, 0.6) is 11.5 Å². The third-order valence-electron chi connectivity index (χ3n) is 3.70. The Kier molecular flexibility index (Phi) is 4.98. The summed E-state index contributed by atoms with van der Waals surface area (Å²) in [6, 6.07) is 10.3. The zero-order valence-electron chi connectivity index (χ0n) is 14.2. The number of ether oxygens (including phenoxy) is 1. The van der Waals surface area contributed by atoms with Crippen LogP contribution in [0.1, 0.15) is 0 Å². The molecular formula is C19H18N4O3. The van der Waals surface area contributed by atoms with Gasteiger partial charge in [0.15, 0.2) is 17.3 Å². The maximum atomic E-state index is 11.7. The SMILES string of the molecule is C=CCNC(=O)Nc1cnc2ccc(-c3ccc(O)c(OC)c3)cc2n1. The number of fused-ring (bicyclic) bond motifs is 1. The average molecular weight is 350 g/mol. The first-order valence-electron chi connectivity index (χ1n) is 7.90. The lowest BCUT2D eigenvalue weighted by Gasteiger charge is -2.09. The van der Waals surface area contributed by atoms with Gasteiger partial charge in [0.25, 0.3) is 0 Å². The molecule has 0 atom stereocenters. The number of phenolic OH excluding ortho intramolecular Hbond substituents is 1.